The molecule has 2 heterocycles. The van der Waals surface area contributed by atoms with Crippen LogP contribution in [0.1, 0.15) is 34.6 Å². The van der Waals surface area contributed by atoms with Gasteiger partial charge < -0.3 is 0 Å². The molecule has 30 heavy (non-hydrogen) atoms. The molecule has 3 aromatic rings. The Kier molecular flexibility index (Phi) is 4.97. The summed E-state index contributed by atoms with van der Waals surface area (Å²) in [7, 11) is -4.48. The minimum Gasteiger partial charge on any atom is -0.294 e. The molecule has 0 aliphatic heterocycles. The molecule has 2 aromatic heterocycles. The van der Waals surface area contributed by atoms with Crippen LogP contribution in [0.15, 0.2) is 39.7 Å². The molecule has 7 nitrogen and oxygen atoms in total. The van der Waals surface area contributed by atoms with Gasteiger partial charge in [0, 0.05) is 14.0 Å². The van der Waals surface area contributed by atoms with Crippen LogP contribution in [0.25, 0.3) is 22.4 Å². The molecule has 0 bridgehead atoms. The zero-order valence-corrected chi connectivity index (χ0v) is 17.6. The molecule has 0 unspecified atom stereocenters. The summed E-state index contributed by atoms with van der Waals surface area (Å²) in [4.78, 5) is 21.3. The molecular weight excluding hydrogens is 414 g/mol. The van der Waals surface area contributed by atoms with Gasteiger partial charge in [-0.15, -0.1) is 0 Å². The zero-order chi connectivity index (χ0) is 23.1. The molecule has 0 amide bonds. The Hall–Kier alpha value is -3.01. The van der Waals surface area contributed by atoms with E-state index in [0.29, 0.717) is 0 Å². The predicted molar refractivity (Wildman–Crippen MR) is 111 cm³/mol. The summed E-state index contributed by atoms with van der Waals surface area (Å²) in [6, 6.07) is 4.43. The Morgan fingerprint density at radius 2 is 1.90 bits per heavy atom. The van der Waals surface area contributed by atoms with Gasteiger partial charge in [-0.2, -0.15) is 4.40 Å². The average Bonchev–Trinajstić information content (AvgIpc) is 2.67. The van der Waals surface area contributed by atoms with Gasteiger partial charge in [-0.25, -0.2) is 27.2 Å². The zero-order valence-electron chi connectivity index (χ0n) is 17.8. The highest BCUT2D eigenvalue weighted by Crippen LogP contribution is 2.24. The van der Waals surface area contributed by atoms with Gasteiger partial charge in [0.25, 0.3) is 15.6 Å². The van der Waals surface area contributed by atoms with Crippen molar-refractivity contribution in [1.82, 2.24) is 14.5 Å². The molecule has 0 atom stereocenters. The third kappa shape index (κ3) is 3.87. The summed E-state index contributed by atoms with van der Waals surface area (Å²) in [6.07, 6.45) is 0.939. The normalized spacial score (nSPS) is 13.5. The number of halogens is 2. The molecule has 3 rings (SSSR count). The monoisotopic (exact) mass is 435 g/mol. The molecule has 10 heteroatoms. The van der Waals surface area contributed by atoms with Crippen LogP contribution in [0.4, 0.5) is 8.78 Å². The van der Waals surface area contributed by atoms with E-state index in [0.717, 1.165) is 29.0 Å². The topological polar surface area (TPSA) is 94.3 Å². The number of benzene rings is 1. The molecule has 0 fully saturated rings. The van der Waals surface area contributed by atoms with E-state index in [1.54, 1.807) is 0 Å². The van der Waals surface area contributed by atoms with E-state index in [4.69, 9.17) is 1.37 Å². The highest BCUT2D eigenvalue weighted by atomic mass is 32.2. The van der Waals surface area contributed by atoms with Gasteiger partial charge in [0.1, 0.15) is 17.3 Å². The second-order valence-corrected chi connectivity index (χ2v) is 10.0. The Morgan fingerprint density at radius 1 is 1.20 bits per heavy atom. The van der Waals surface area contributed by atoms with Crippen LogP contribution in [0.5, 0.6) is 0 Å². The highest BCUT2D eigenvalue weighted by molar-refractivity contribution is 7.91. The second kappa shape index (κ2) is 7.35. The molecular formula is C20H20F2N4O3S. The summed E-state index contributed by atoms with van der Waals surface area (Å²) in [5.41, 5.74) is -0.621. The minimum absolute atomic E-state index is 0.00239. The lowest BCUT2D eigenvalue weighted by molar-refractivity contribution is 0.562. The summed E-state index contributed by atoms with van der Waals surface area (Å²) < 4.78 is 63.9. The van der Waals surface area contributed by atoms with Crippen LogP contribution >= 0.6 is 0 Å². The van der Waals surface area contributed by atoms with Gasteiger partial charge >= 0.3 is 0 Å². The third-order valence-electron chi connectivity index (χ3n) is 4.40. The van der Waals surface area contributed by atoms with Gasteiger partial charge in [0.15, 0.2) is 5.82 Å². The van der Waals surface area contributed by atoms with E-state index in [1.165, 1.54) is 33.8 Å². The maximum atomic E-state index is 14.3. The van der Waals surface area contributed by atoms with Crippen LogP contribution < -0.4 is 5.56 Å². The number of aromatic nitrogens is 3. The van der Waals surface area contributed by atoms with Gasteiger partial charge in [-0.1, -0.05) is 0 Å². The van der Waals surface area contributed by atoms with Crippen molar-refractivity contribution >= 4 is 26.6 Å². The smallest absolute Gasteiger partial charge is 0.261 e. The van der Waals surface area contributed by atoms with Crippen molar-refractivity contribution < 1.29 is 18.6 Å². The first-order valence-corrected chi connectivity index (χ1v) is 10.3. The van der Waals surface area contributed by atoms with E-state index in [-0.39, 0.29) is 33.7 Å². The molecule has 0 saturated heterocycles. The van der Waals surface area contributed by atoms with Gasteiger partial charge in [0.05, 0.1) is 27.6 Å². The van der Waals surface area contributed by atoms with Crippen molar-refractivity contribution in [1.29, 1.82) is 0 Å². The Morgan fingerprint density at radius 3 is 2.47 bits per heavy atom. The van der Waals surface area contributed by atoms with Crippen LogP contribution in [-0.2, 0) is 17.0 Å². The van der Waals surface area contributed by atoms with E-state index in [1.807, 2.05) is 0 Å². The summed E-state index contributed by atoms with van der Waals surface area (Å²) in [5, 5.41) is -0.143. The molecule has 0 spiro atoms. The highest BCUT2D eigenvalue weighted by Gasteiger charge is 2.29. The fourth-order valence-corrected chi connectivity index (χ4v) is 3.37. The second-order valence-electron chi connectivity index (χ2n) is 7.64. The number of nitrogens with zero attached hydrogens (tertiary/aromatic N) is 4. The first-order valence-electron chi connectivity index (χ1n) is 9.53. The van der Waals surface area contributed by atoms with E-state index in [2.05, 4.69) is 14.4 Å². The Bertz CT molecular complexity index is 1360. The van der Waals surface area contributed by atoms with Crippen LogP contribution in [-0.4, -0.2) is 33.4 Å². The van der Waals surface area contributed by atoms with Crippen molar-refractivity contribution in [2.24, 2.45) is 11.4 Å². The number of hydrogen-bond donors (Lipinski definition) is 0. The van der Waals surface area contributed by atoms with E-state index < -0.39 is 39.0 Å². The van der Waals surface area contributed by atoms with Gasteiger partial charge in [-0.3, -0.25) is 9.36 Å². The molecule has 0 saturated carbocycles. The Labute approximate surface area is 173 Å². The number of sulfonamides is 1. The lowest BCUT2D eigenvalue weighted by Crippen LogP contribution is -2.27. The fraction of sp³-hybridized carbons (Fsp3) is 0.300. The van der Waals surface area contributed by atoms with Crippen molar-refractivity contribution in [3.05, 3.63) is 58.0 Å². The molecule has 158 valence electrons. The van der Waals surface area contributed by atoms with Crippen LogP contribution in [0, 0.1) is 11.6 Å². The molecule has 0 N–H and O–H groups in total. The van der Waals surface area contributed by atoms with E-state index >= 15 is 0 Å². The standard InChI is InChI=1S/C20H20F2N4O3S/c1-11(25-30(28,29)20(2,3)4)14-8-13(22)9-15-17(14)24-18(26(5)19(15)27)16-7-6-12(21)10-23-16/h6-10H,1-5H3/b25-11-/i5D. The molecule has 1 aromatic carbocycles. The van der Waals surface area contributed by atoms with Crippen molar-refractivity contribution in [3.63, 3.8) is 0 Å². The first-order chi connectivity index (χ1) is 14.4. The summed E-state index contributed by atoms with van der Waals surface area (Å²) in [5.74, 6) is -1.41. The maximum Gasteiger partial charge on any atom is 0.261 e. The fourth-order valence-electron chi connectivity index (χ4n) is 2.64. The van der Waals surface area contributed by atoms with Crippen LogP contribution in [0.3, 0.4) is 0 Å². The number of rotatable bonds is 3. The molecule has 0 radical (unpaired) electrons. The van der Waals surface area contributed by atoms with Crippen LogP contribution in [0.2, 0.25) is 0 Å². The average molecular weight is 435 g/mol. The SMILES string of the molecule is [2H]Cn1c(-c2ccc(F)cn2)nc2c(/C(C)=N\S(=O)(=O)C(C)(C)C)cc(F)cc2c1=O. The minimum atomic E-state index is -3.95. The number of pyridine rings is 1. The van der Waals surface area contributed by atoms with E-state index in [9.17, 15) is 22.0 Å². The summed E-state index contributed by atoms with van der Waals surface area (Å²) in [6.45, 7) is 5.82. The molecule has 0 aliphatic carbocycles. The van der Waals surface area contributed by atoms with Gasteiger partial charge in [0.2, 0.25) is 0 Å². The van der Waals surface area contributed by atoms with Crippen molar-refractivity contribution in [2.75, 3.05) is 0 Å². The quantitative estimate of drug-likeness (QED) is 0.589. The van der Waals surface area contributed by atoms with Crippen molar-refractivity contribution in [3.8, 4) is 11.5 Å². The van der Waals surface area contributed by atoms with Gasteiger partial charge in [-0.05, 0) is 52.0 Å². The summed E-state index contributed by atoms with van der Waals surface area (Å²) >= 11 is 0. The first kappa shape index (κ1) is 20.3. The largest absolute Gasteiger partial charge is 0.294 e. The number of hydrogen-bond acceptors (Lipinski definition) is 5. The lowest BCUT2D eigenvalue weighted by atomic mass is 10.1. The Balaban J connectivity index is 2.39. The lowest BCUT2D eigenvalue weighted by Gasteiger charge is -2.16. The third-order valence-corrected chi connectivity index (χ3v) is 6.46. The predicted octanol–water partition coefficient (Wildman–Crippen LogP) is 3.21. The number of fused-ring (bicyclic) bond motifs is 1. The molecule has 0 aliphatic rings. The van der Waals surface area contributed by atoms with Crippen molar-refractivity contribution in [2.45, 2.75) is 32.4 Å². The maximum absolute atomic E-state index is 14.3.